The third kappa shape index (κ3) is 3.66. The fraction of sp³-hybridized carbons (Fsp3) is 0.733. The van der Waals surface area contributed by atoms with Gasteiger partial charge in [-0.2, -0.15) is 0 Å². The fourth-order valence-corrected chi connectivity index (χ4v) is 2.84. The molecule has 0 aliphatic heterocycles. The number of nitrogens with zero attached hydrogens (tertiary/aromatic N) is 1. The van der Waals surface area contributed by atoms with Crippen molar-refractivity contribution in [3.05, 3.63) is 27.9 Å². The van der Waals surface area contributed by atoms with E-state index in [4.69, 9.17) is 4.74 Å². The second-order valence-corrected chi connectivity index (χ2v) is 5.27. The van der Waals surface area contributed by atoms with Gasteiger partial charge in [-0.15, -0.1) is 0 Å². The van der Waals surface area contributed by atoms with E-state index in [2.05, 4.69) is 16.9 Å². The van der Waals surface area contributed by atoms with Crippen molar-refractivity contribution in [3.8, 4) is 0 Å². The summed E-state index contributed by atoms with van der Waals surface area (Å²) in [5, 5.41) is 0. The molecule has 1 aromatic rings. The van der Waals surface area contributed by atoms with Gasteiger partial charge in [0.1, 0.15) is 11.9 Å². The SMILES string of the molecule is CCCC(OCC)c1nc(C2CCCC2)cc(=O)[nH]1. The number of rotatable bonds is 6. The number of aromatic amines is 1. The normalized spacial score (nSPS) is 17.8. The van der Waals surface area contributed by atoms with Gasteiger partial charge in [0.15, 0.2) is 0 Å². The molecule has 2 rings (SSSR count). The molecule has 0 amide bonds. The van der Waals surface area contributed by atoms with E-state index in [1.165, 1.54) is 12.8 Å². The summed E-state index contributed by atoms with van der Waals surface area (Å²) in [7, 11) is 0. The largest absolute Gasteiger partial charge is 0.371 e. The lowest BCUT2D eigenvalue weighted by atomic mass is 10.0. The Morgan fingerprint density at radius 1 is 1.42 bits per heavy atom. The first-order valence-electron chi connectivity index (χ1n) is 7.47. The third-order valence-corrected chi connectivity index (χ3v) is 3.78. The molecule has 1 unspecified atom stereocenters. The minimum Gasteiger partial charge on any atom is -0.371 e. The van der Waals surface area contributed by atoms with Crippen LogP contribution in [-0.2, 0) is 4.74 Å². The minimum absolute atomic E-state index is 0.0484. The van der Waals surface area contributed by atoms with Gasteiger partial charge >= 0.3 is 0 Å². The van der Waals surface area contributed by atoms with Crippen molar-refractivity contribution >= 4 is 0 Å². The predicted octanol–water partition coefficient (Wildman–Crippen LogP) is 3.31. The van der Waals surface area contributed by atoms with Crippen LogP contribution >= 0.6 is 0 Å². The van der Waals surface area contributed by atoms with Crippen molar-refractivity contribution in [1.82, 2.24) is 9.97 Å². The summed E-state index contributed by atoms with van der Waals surface area (Å²) < 4.78 is 5.71. The number of ether oxygens (including phenoxy) is 1. The van der Waals surface area contributed by atoms with Gasteiger partial charge in [0.2, 0.25) is 0 Å². The summed E-state index contributed by atoms with van der Waals surface area (Å²) in [6.07, 6.45) is 6.64. The summed E-state index contributed by atoms with van der Waals surface area (Å²) in [5.41, 5.74) is 0.907. The van der Waals surface area contributed by atoms with Gasteiger partial charge in [-0.25, -0.2) is 4.98 Å². The molecular weight excluding hydrogens is 240 g/mol. The smallest absolute Gasteiger partial charge is 0.251 e. The van der Waals surface area contributed by atoms with Crippen LogP contribution in [0.4, 0.5) is 0 Å². The molecule has 0 spiro atoms. The maximum Gasteiger partial charge on any atom is 0.251 e. The van der Waals surface area contributed by atoms with E-state index in [1.807, 2.05) is 6.92 Å². The second-order valence-electron chi connectivity index (χ2n) is 5.27. The highest BCUT2D eigenvalue weighted by Crippen LogP contribution is 2.33. The van der Waals surface area contributed by atoms with Gasteiger partial charge in [0.25, 0.3) is 5.56 Å². The van der Waals surface area contributed by atoms with Gasteiger partial charge in [-0.05, 0) is 26.2 Å². The van der Waals surface area contributed by atoms with Crippen LogP contribution in [0.5, 0.6) is 0 Å². The summed E-state index contributed by atoms with van der Waals surface area (Å²) in [6, 6.07) is 1.66. The van der Waals surface area contributed by atoms with E-state index in [0.29, 0.717) is 18.3 Å². The Morgan fingerprint density at radius 3 is 2.79 bits per heavy atom. The van der Waals surface area contributed by atoms with Crippen LogP contribution < -0.4 is 5.56 Å². The molecule has 0 aromatic carbocycles. The zero-order valence-corrected chi connectivity index (χ0v) is 11.9. The standard InChI is InChI=1S/C15H24N2O2/c1-3-7-13(19-4-2)15-16-12(10-14(18)17-15)11-8-5-6-9-11/h10-11,13H,3-9H2,1-2H3,(H,16,17,18). The van der Waals surface area contributed by atoms with E-state index < -0.39 is 0 Å². The molecule has 19 heavy (non-hydrogen) atoms. The number of hydrogen-bond acceptors (Lipinski definition) is 3. The van der Waals surface area contributed by atoms with Gasteiger partial charge in [-0.3, -0.25) is 4.79 Å². The molecule has 0 saturated heterocycles. The van der Waals surface area contributed by atoms with Crippen LogP contribution in [-0.4, -0.2) is 16.6 Å². The molecule has 4 heteroatoms. The molecule has 1 aliphatic carbocycles. The first-order valence-corrected chi connectivity index (χ1v) is 7.47. The lowest BCUT2D eigenvalue weighted by Crippen LogP contribution is -2.18. The third-order valence-electron chi connectivity index (χ3n) is 3.78. The molecule has 0 bridgehead atoms. The Balaban J connectivity index is 2.25. The predicted molar refractivity (Wildman–Crippen MR) is 75.3 cm³/mol. The summed E-state index contributed by atoms with van der Waals surface area (Å²) in [5.74, 6) is 1.17. The first-order chi connectivity index (χ1) is 9.24. The Morgan fingerprint density at radius 2 is 2.16 bits per heavy atom. The molecule has 1 aliphatic rings. The van der Waals surface area contributed by atoms with Crippen molar-refractivity contribution in [3.63, 3.8) is 0 Å². The first kappa shape index (κ1) is 14.3. The molecule has 1 aromatic heterocycles. The highest BCUT2D eigenvalue weighted by atomic mass is 16.5. The Bertz CT molecular complexity index is 444. The van der Waals surface area contributed by atoms with Crippen LogP contribution in [0.2, 0.25) is 0 Å². The molecule has 1 atom stereocenters. The molecule has 4 nitrogen and oxygen atoms in total. The van der Waals surface area contributed by atoms with Gasteiger partial charge < -0.3 is 9.72 Å². The van der Waals surface area contributed by atoms with Gasteiger partial charge in [-0.1, -0.05) is 26.2 Å². The monoisotopic (exact) mass is 264 g/mol. The molecule has 1 N–H and O–H groups in total. The second kappa shape index (κ2) is 6.85. The quantitative estimate of drug-likeness (QED) is 0.857. The highest BCUT2D eigenvalue weighted by molar-refractivity contribution is 5.11. The van der Waals surface area contributed by atoms with E-state index in [1.54, 1.807) is 6.07 Å². The van der Waals surface area contributed by atoms with Crippen molar-refractivity contribution < 1.29 is 4.74 Å². The number of H-pyrrole nitrogens is 1. The number of nitrogens with one attached hydrogen (secondary N) is 1. The average molecular weight is 264 g/mol. The zero-order chi connectivity index (χ0) is 13.7. The minimum atomic E-state index is -0.0796. The van der Waals surface area contributed by atoms with Crippen molar-refractivity contribution in [2.24, 2.45) is 0 Å². The number of hydrogen-bond donors (Lipinski definition) is 1. The van der Waals surface area contributed by atoms with E-state index >= 15 is 0 Å². The van der Waals surface area contributed by atoms with E-state index in [-0.39, 0.29) is 11.7 Å². The Kier molecular flexibility index (Phi) is 5.14. The number of aromatic nitrogens is 2. The molecule has 1 fully saturated rings. The van der Waals surface area contributed by atoms with Crippen molar-refractivity contribution in [2.45, 2.75) is 64.4 Å². The molecule has 1 saturated carbocycles. The topological polar surface area (TPSA) is 55.0 Å². The van der Waals surface area contributed by atoms with Crippen LogP contribution in [0.15, 0.2) is 10.9 Å². The summed E-state index contributed by atoms with van der Waals surface area (Å²) in [6.45, 7) is 4.73. The highest BCUT2D eigenvalue weighted by Gasteiger charge is 2.21. The zero-order valence-electron chi connectivity index (χ0n) is 11.9. The average Bonchev–Trinajstić information content (AvgIpc) is 2.91. The Hall–Kier alpha value is -1.16. The fourth-order valence-electron chi connectivity index (χ4n) is 2.84. The van der Waals surface area contributed by atoms with Gasteiger partial charge in [0, 0.05) is 18.6 Å². The summed E-state index contributed by atoms with van der Waals surface area (Å²) >= 11 is 0. The molecule has 1 heterocycles. The van der Waals surface area contributed by atoms with Crippen molar-refractivity contribution in [1.29, 1.82) is 0 Å². The molecule has 106 valence electrons. The van der Waals surface area contributed by atoms with Crippen LogP contribution in [0, 0.1) is 0 Å². The molecule has 0 radical (unpaired) electrons. The van der Waals surface area contributed by atoms with E-state index in [0.717, 1.165) is 31.4 Å². The van der Waals surface area contributed by atoms with Crippen LogP contribution in [0.1, 0.15) is 75.9 Å². The van der Waals surface area contributed by atoms with Crippen LogP contribution in [0.3, 0.4) is 0 Å². The van der Waals surface area contributed by atoms with Crippen molar-refractivity contribution in [2.75, 3.05) is 6.61 Å². The Labute approximate surface area is 114 Å². The van der Waals surface area contributed by atoms with Gasteiger partial charge in [0.05, 0.1) is 5.69 Å². The van der Waals surface area contributed by atoms with E-state index in [9.17, 15) is 4.79 Å². The lowest BCUT2D eigenvalue weighted by molar-refractivity contribution is 0.0490. The maximum atomic E-state index is 11.8. The summed E-state index contributed by atoms with van der Waals surface area (Å²) in [4.78, 5) is 19.4. The molecular formula is C15H24N2O2. The lowest BCUT2D eigenvalue weighted by Gasteiger charge is -2.17. The maximum absolute atomic E-state index is 11.8. The van der Waals surface area contributed by atoms with Crippen LogP contribution in [0.25, 0.3) is 0 Å².